The molecule has 0 unspecified atom stereocenters. The Labute approximate surface area is 105 Å². The molecule has 0 amide bonds. The number of rotatable bonds is 9. The Hall–Kier alpha value is -0.280. The molecule has 0 atom stereocenters. The van der Waals surface area contributed by atoms with E-state index in [1.54, 1.807) is 0 Å². The highest BCUT2D eigenvalue weighted by atomic mass is 32.2. The molecule has 0 aliphatic rings. The van der Waals surface area contributed by atoms with Crippen molar-refractivity contribution in [3.8, 4) is 0 Å². The molecule has 0 aromatic heterocycles. The van der Waals surface area contributed by atoms with E-state index in [1.807, 2.05) is 0 Å². The van der Waals surface area contributed by atoms with Gasteiger partial charge in [0, 0.05) is 0 Å². The second-order valence-electron chi connectivity index (χ2n) is 4.20. The number of quaternary nitrogens is 1. The Morgan fingerprint density at radius 3 is 2.12 bits per heavy atom. The molecule has 16 heavy (non-hydrogen) atoms. The maximum Gasteiger partial charge on any atom is 0.211 e. The monoisotopic (exact) mass is 244 g/mol. The van der Waals surface area contributed by atoms with Crippen LogP contribution in [0.1, 0.15) is 33.6 Å². The molecule has 0 aliphatic heterocycles. The van der Waals surface area contributed by atoms with Gasteiger partial charge in [-0.2, -0.15) is 0 Å². The second-order valence-corrected chi connectivity index (χ2v) is 5.30. The molecule has 2 nitrogen and oxygen atoms in total. The van der Waals surface area contributed by atoms with Crippen molar-refractivity contribution in [2.45, 2.75) is 33.6 Å². The normalized spacial score (nSPS) is 11.4. The van der Waals surface area contributed by atoms with Gasteiger partial charge in [0.15, 0.2) is 0 Å². The Balaban J connectivity index is 4.18. The van der Waals surface area contributed by atoms with Crippen LogP contribution in [-0.2, 0) is 4.79 Å². The molecule has 0 saturated carbocycles. The molecular weight excluding hydrogens is 218 g/mol. The highest BCUT2D eigenvalue weighted by molar-refractivity contribution is 8.14. The molecule has 0 radical (unpaired) electrons. The fourth-order valence-electron chi connectivity index (χ4n) is 2.16. The predicted molar refractivity (Wildman–Crippen MR) is 73.6 cm³/mol. The zero-order valence-electron chi connectivity index (χ0n) is 11.0. The van der Waals surface area contributed by atoms with Crippen LogP contribution in [0.5, 0.6) is 0 Å². The van der Waals surface area contributed by atoms with Crippen LogP contribution in [0.2, 0.25) is 0 Å². The van der Waals surface area contributed by atoms with Crippen molar-refractivity contribution in [1.82, 2.24) is 0 Å². The van der Waals surface area contributed by atoms with E-state index in [4.69, 9.17) is 0 Å². The summed E-state index contributed by atoms with van der Waals surface area (Å²) < 4.78 is 1.16. The number of carbonyl (C=O) groups excluding carboxylic acids is 1. The van der Waals surface area contributed by atoms with Crippen molar-refractivity contribution in [2.75, 3.05) is 31.9 Å². The van der Waals surface area contributed by atoms with E-state index in [0.717, 1.165) is 16.8 Å². The minimum Gasteiger partial charge on any atom is -0.323 e. The van der Waals surface area contributed by atoms with Crippen LogP contribution >= 0.6 is 11.8 Å². The maximum atomic E-state index is 11.1. The highest BCUT2D eigenvalue weighted by Gasteiger charge is 2.22. The summed E-state index contributed by atoms with van der Waals surface area (Å²) in [6.07, 6.45) is 3.84. The van der Waals surface area contributed by atoms with Gasteiger partial charge in [0.2, 0.25) is 5.12 Å². The van der Waals surface area contributed by atoms with Crippen molar-refractivity contribution >= 4 is 16.9 Å². The van der Waals surface area contributed by atoms with Gasteiger partial charge in [-0.05, 0) is 25.8 Å². The zero-order valence-corrected chi connectivity index (χ0v) is 11.8. The van der Waals surface area contributed by atoms with Crippen molar-refractivity contribution in [1.29, 1.82) is 0 Å². The zero-order chi connectivity index (χ0) is 12.4. The van der Waals surface area contributed by atoms with Crippen LogP contribution in [0.25, 0.3) is 0 Å². The molecule has 0 fully saturated rings. The molecule has 0 aliphatic carbocycles. The van der Waals surface area contributed by atoms with E-state index in [0.29, 0.717) is 0 Å². The number of hydrogen-bond acceptors (Lipinski definition) is 2. The fraction of sp³-hybridized carbons (Fsp3) is 0.769. The van der Waals surface area contributed by atoms with E-state index in [1.165, 1.54) is 50.3 Å². The quantitative estimate of drug-likeness (QED) is 0.458. The predicted octanol–water partition coefficient (Wildman–Crippen LogP) is 3.09. The standard InChI is InChI=1S/C13H26NOS/c1-5-9-14(8-4,10-6-2)11-12-16-13(15)7-3/h7H,3,5-6,8-12H2,1-2,4H3/q+1. The van der Waals surface area contributed by atoms with E-state index < -0.39 is 0 Å². The third-order valence-electron chi connectivity index (χ3n) is 3.04. The minimum absolute atomic E-state index is 0.0993. The lowest BCUT2D eigenvalue weighted by Crippen LogP contribution is -2.50. The molecule has 94 valence electrons. The second kappa shape index (κ2) is 8.82. The first-order chi connectivity index (χ1) is 7.64. The third kappa shape index (κ3) is 5.71. The summed E-state index contributed by atoms with van der Waals surface area (Å²) in [5, 5.41) is 0.0993. The fourth-order valence-corrected chi connectivity index (χ4v) is 2.95. The van der Waals surface area contributed by atoms with Crippen molar-refractivity contribution in [3.05, 3.63) is 12.7 Å². The molecule has 0 rings (SSSR count). The highest BCUT2D eigenvalue weighted by Crippen LogP contribution is 2.13. The van der Waals surface area contributed by atoms with Gasteiger partial charge in [-0.25, -0.2) is 0 Å². The van der Waals surface area contributed by atoms with Crippen LogP contribution in [0.15, 0.2) is 12.7 Å². The SMILES string of the molecule is C=CC(=O)SCC[N+](CC)(CCC)CCC. The summed E-state index contributed by atoms with van der Waals surface area (Å²) >= 11 is 1.40. The smallest absolute Gasteiger partial charge is 0.211 e. The number of carbonyl (C=O) groups is 1. The minimum atomic E-state index is 0.0993. The summed E-state index contributed by atoms with van der Waals surface area (Å²) in [6, 6.07) is 0. The van der Waals surface area contributed by atoms with Crippen LogP contribution in [0, 0.1) is 0 Å². The van der Waals surface area contributed by atoms with Crippen molar-refractivity contribution in [2.24, 2.45) is 0 Å². The average molecular weight is 244 g/mol. The van der Waals surface area contributed by atoms with Gasteiger partial charge in [0.05, 0.1) is 31.9 Å². The molecule has 0 N–H and O–H groups in total. The molecule has 0 saturated heterocycles. The van der Waals surface area contributed by atoms with Gasteiger partial charge in [-0.1, -0.05) is 32.2 Å². The van der Waals surface area contributed by atoms with Gasteiger partial charge in [0.1, 0.15) is 0 Å². The lowest BCUT2D eigenvalue weighted by molar-refractivity contribution is -0.924. The van der Waals surface area contributed by atoms with Gasteiger partial charge >= 0.3 is 0 Å². The van der Waals surface area contributed by atoms with Gasteiger partial charge < -0.3 is 4.48 Å². The Morgan fingerprint density at radius 2 is 1.75 bits per heavy atom. The molecular formula is C13H26NOS+. The maximum absolute atomic E-state index is 11.1. The van der Waals surface area contributed by atoms with Crippen LogP contribution < -0.4 is 0 Å². The molecule has 0 aromatic rings. The summed E-state index contributed by atoms with van der Waals surface area (Å²) in [5.74, 6) is 0.915. The first-order valence-corrected chi connectivity index (χ1v) is 7.27. The molecule has 0 heterocycles. The first-order valence-electron chi connectivity index (χ1n) is 6.28. The largest absolute Gasteiger partial charge is 0.323 e. The third-order valence-corrected chi connectivity index (χ3v) is 3.88. The number of hydrogen-bond donors (Lipinski definition) is 0. The lowest BCUT2D eigenvalue weighted by Gasteiger charge is -2.37. The van der Waals surface area contributed by atoms with Crippen LogP contribution in [-0.4, -0.2) is 41.5 Å². The van der Waals surface area contributed by atoms with E-state index in [9.17, 15) is 4.79 Å². The Morgan fingerprint density at radius 1 is 1.19 bits per heavy atom. The van der Waals surface area contributed by atoms with E-state index >= 15 is 0 Å². The van der Waals surface area contributed by atoms with Gasteiger partial charge in [0.25, 0.3) is 0 Å². The topological polar surface area (TPSA) is 17.1 Å². The molecule has 0 aromatic carbocycles. The average Bonchev–Trinajstić information content (AvgIpc) is 2.29. The van der Waals surface area contributed by atoms with Gasteiger partial charge in [-0.15, -0.1) is 0 Å². The summed E-state index contributed by atoms with van der Waals surface area (Å²) in [4.78, 5) is 11.1. The summed E-state index contributed by atoms with van der Waals surface area (Å²) in [6.45, 7) is 15.0. The first kappa shape index (κ1) is 15.7. The summed E-state index contributed by atoms with van der Waals surface area (Å²) in [5.41, 5.74) is 0. The molecule has 0 spiro atoms. The van der Waals surface area contributed by atoms with Crippen LogP contribution in [0.3, 0.4) is 0 Å². The van der Waals surface area contributed by atoms with Crippen LogP contribution in [0.4, 0.5) is 0 Å². The molecule has 3 heteroatoms. The number of thioether (sulfide) groups is 1. The summed E-state index contributed by atoms with van der Waals surface area (Å²) in [7, 11) is 0. The molecule has 0 bridgehead atoms. The van der Waals surface area contributed by atoms with E-state index in [-0.39, 0.29) is 5.12 Å². The van der Waals surface area contributed by atoms with Crippen molar-refractivity contribution < 1.29 is 9.28 Å². The van der Waals surface area contributed by atoms with Gasteiger partial charge in [-0.3, -0.25) is 4.79 Å². The Kier molecular flexibility index (Phi) is 8.67. The van der Waals surface area contributed by atoms with Crippen molar-refractivity contribution in [3.63, 3.8) is 0 Å². The Bertz CT molecular complexity index is 210. The lowest BCUT2D eigenvalue weighted by atomic mass is 10.2. The number of nitrogens with zero attached hydrogens (tertiary/aromatic N) is 1. The van der Waals surface area contributed by atoms with E-state index in [2.05, 4.69) is 27.4 Å².